The van der Waals surface area contributed by atoms with E-state index in [1.165, 1.54) is 0 Å². The van der Waals surface area contributed by atoms with Gasteiger partial charge in [0.05, 0.1) is 0 Å². The van der Waals surface area contributed by atoms with E-state index in [4.69, 9.17) is 0 Å². The number of H-pyrrole nitrogens is 1. The first-order chi connectivity index (χ1) is 7.91. The van der Waals surface area contributed by atoms with E-state index in [9.17, 15) is 4.79 Å². The number of nitrogens with one attached hydrogen (secondary N) is 2. The molecule has 1 fully saturated rings. The molecule has 5 nitrogen and oxygen atoms in total. The first kappa shape index (κ1) is 12.1. The Bertz CT molecular complexity index is 418. The molecule has 2 unspecified atom stereocenters. The summed E-state index contributed by atoms with van der Waals surface area (Å²) in [4.78, 5) is 16.1. The number of aromatic amines is 1. The third-order valence-electron chi connectivity index (χ3n) is 3.16. The van der Waals surface area contributed by atoms with Crippen LogP contribution in [0.5, 0.6) is 0 Å². The lowest BCUT2D eigenvalue weighted by molar-refractivity contribution is 0.0939. The highest BCUT2D eigenvalue weighted by molar-refractivity contribution is 5.90. The van der Waals surface area contributed by atoms with E-state index in [2.05, 4.69) is 27.4 Å². The molecule has 5 heteroatoms. The van der Waals surface area contributed by atoms with Crippen molar-refractivity contribution in [1.82, 2.24) is 20.5 Å². The predicted molar refractivity (Wildman–Crippen MR) is 64.7 cm³/mol. The zero-order valence-corrected chi connectivity index (χ0v) is 10.9. The zero-order chi connectivity index (χ0) is 12.6. The SMILES string of the molecule is CCC1CC1NC(=O)c1n[nH]c(C(C)(C)C)n1. The van der Waals surface area contributed by atoms with Crippen LogP contribution < -0.4 is 5.32 Å². The summed E-state index contributed by atoms with van der Waals surface area (Å²) in [6, 6.07) is 0.323. The quantitative estimate of drug-likeness (QED) is 0.838. The highest BCUT2D eigenvalue weighted by atomic mass is 16.2. The molecule has 0 saturated heterocycles. The van der Waals surface area contributed by atoms with Crippen molar-refractivity contribution in [2.45, 2.75) is 52.0 Å². The molecule has 2 rings (SSSR count). The number of hydrogen-bond donors (Lipinski definition) is 2. The van der Waals surface area contributed by atoms with Crippen molar-refractivity contribution in [3.63, 3.8) is 0 Å². The molecule has 0 aliphatic heterocycles. The van der Waals surface area contributed by atoms with Crippen molar-refractivity contribution < 1.29 is 4.79 Å². The van der Waals surface area contributed by atoms with E-state index < -0.39 is 0 Å². The van der Waals surface area contributed by atoms with Gasteiger partial charge in [0.15, 0.2) is 0 Å². The first-order valence-electron chi connectivity index (χ1n) is 6.15. The number of amides is 1. The Labute approximate surface area is 101 Å². The fourth-order valence-electron chi connectivity index (χ4n) is 1.81. The van der Waals surface area contributed by atoms with E-state index in [0.29, 0.717) is 12.0 Å². The van der Waals surface area contributed by atoms with Gasteiger partial charge in [0, 0.05) is 11.5 Å². The maximum atomic E-state index is 11.8. The van der Waals surface area contributed by atoms with Crippen LogP contribution in [-0.4, -0.2) is 27.1 Å². The molecule has 94 valence electrons. The Balaban J connectivity index is 1.98. The van der Waals surface area contributed by atoms with Crippen molar-refractivity contribution in [2.75, 3.05) is 0 Å². The average Bonchev–Trinajstić information content (AvgIpc) is 2.79. The van der Waals surface area contributed by atoms with E-state index in [1.54, 1.807) is 0 Å². The molecule has 2 N–H and O–H groups in total. The summed E-state index contributed by atoms with van der Waals surface area (Å²) in [5.74, 6) is 1.46. The van der Waals surface area contributed by atoms with Crippen LogP contribution in [0.1, 0.15) is 57.0 Å². The number of carbonyl (C=O) groups is 1. The highest BCUT2D eigenvalue weighted by Gasteiger charge is 2.37. The number of carbonyl (C=O) groups excluding carboxylic acids is 1. The Morgan fingerprint density at radius 3 is 2.71 bits per heavy atom. The van der Waals surface area contributed by atoms with Gasteiger partial charge in [0.25, 0.3) is 5.91 Å². The van der Waals surface area contributed by atoms with Crippen LogP contribution in [0.2, 0.25) is 0 Å². The second-order valence-electron chi connectivity index (χ2n) is 5.74. The van der Waals surface area contributed by atoms with Gasteiger partial charge in [0.1, 0.15) is 5.82 Å². The van der Waals surface area contributed by atoms with Crippen molar-refractivity contribution in [1.29, 1.82) is 0 Å². The van der Waals surface area contributed by atoms with Gasteiger partial charge >= 0.3 is 0 Å². The molecular weight excluding hydrogens is 216 g/mol. The Kier molecular flexibility index (Phi) is 2.93. The molecule has 1 aliphatic carbocycles. The van der Waals surface area contributed by atoms with Gasteiger partial charge in [-0.25, -0.2) is 4.98 Å². The molecule has 1 amide bonds. The Hall–Kier alpha value is -1.39. The van der Waals surface area contributed by atoms with E-state index in [-0.39, 0.29) is 17.1 Å². The molecule has 17 heavy (non-hydrogen) atoms. The summed E-state index contributed by atoms with van der Waals surface area (Å²) in [5.41, 5.74) is -0.114. The lowest BCUT2D eigenvalue weighted by Gasteiger charge is -2.12. The Morgan fingerprint density at radius 2 is 2.24 bits per heavy atom. The third-order valence-corrected chi connectivity index (χ3v) is 3.16. The monoisotopic (exact) mass is 236 g/mol. The van der Waals surface area contributed by atoms with Gasteiger partial charge in [0.2, 0.25) is 5.82 Å². The van der Waals surface area contributed by atoms with Crippen LogP contribution >= 0.6 is 0 Å². The van der Waals surface area contributed by atoms with Gasteiger partial charge in [-0.2, -0.15) is 0 Å². The van der Waals surface area contributed by atoms with Gasteiger partial charge in [-0.05, 0) is 12.3 Å². The molecule has 0 bridgehead atoms. The van der Waals surface area contributed by atoms with Crippen molar-refractivity contribution in [3.05, 3.63) is 11.6 Å². The minimum absolute atomic E-state index is 0.114. The summed E-state index contributed by atoms with van der Waals surface area (Å²) in [7, 11) is 0. The van der Waals surface area contributed by atoms with Gasteiger partial charge in [-0.3, -0.25) is 9.89 Å². The van der Waals surface area contributed by atoms with Crippen molar-refractivity contribution >= 4 is 5.91 Å². The predicted octanol–water partition coefficient (Wildman–Crippen LogP) is 1.63. The van der Waals surface area contributed by atoms with Crippen LogP contribution in [0.15, 0.2) is 0 Å². The molecule has 1 heterocycles. The fourth-order valence-corrected chi connectivity index (χ4v) is 1.81. The minimum atomic E-state index is -0.169. The Morgan fingerprint density at radius 1 is 1.53 bits per heavy atom. The molecule has 1 saturated carbocycles. The van der Waals surface area contributed by atoms with E-state index in [1.807, 2.05) is 20.8 Å². The summed E-state index contributed by atoms with van der Waals surface area (Å²) in [5, 5.41) is 9.74. The van der Waals surface area contributed by atoms with Crippen molar-refractivity contribution in [3.8, 4) is 0 Å². The number of nitrogens with zero attached hydrogens (tertiary/aromatic N) is 2. The van der Waals surface area contributed by atoms with Gasteiger partial charge in [-0.15, -0.1) is 5.10 Å². The molecular formula is C12H20N4O. The van der Waals surface area contributed by atoms with Gasteiger partial charge < -0.3 is 5.32 Å². The van der Waals surface area contributed by atoms with Crippen molar-refractivity contribution in [2.24, 2.45) is 5.92 Å². The van der Waals surface area contributed by atoms with Crippen LogP contribution in [0.4, 0.5) is 0 Å². The maximum Gasteiger partial charge on any atom is 0.291 e. The number of aromatic nitrogens is 3. The van der Waals surface area contributed by atoms with Gasteiger partial charge in [-0.1, -0.05) is 34.1 Å². The van der Waals surface area contributed by atoms with Crippen LogP contribution in [-0.2, 0) is 5.41 Å². The number of rotatable bonds is 3. The second kappa shape index (κ2) is 4.13. The lowest BCUT2D eigenvalue weighted by atomic mass is 9.96. The smallest absolute Gasteiger partial charge is 0.291 e. The second-order valence-corrected chi connectivity index (χ2v) is 5.74. The average molecular weight is 236 g/mol. The summed E-state index contributed by atoms with van der Waals surface area (Å²) in [6.07, 6.45) is 2.20. The lowest BCUT2D eigenvalue weighted by Crippen LogP contribution is -2.28. The maximum absolute atomic E-state index is 11.8. The zero-order valence-electron chi connectivity index (χ0n) is 10.9. The fraction of sp³-hybridized carbons (Fsp3) is 0.750. The largest absolute Gasteiger partial charge is 0.346 e. The molecule has 1 aromatic heterocycles. The normalized spacial score (nSPS) is 23.5. The topological polar surface area (TPSA) is 70.7 Å². The highest BCUT2D eigenvalue weighted by Crippen LogP contribution is 2.33. The number of hydrogen-bond acceptors (Lipinski definition) is 3. The van der Waals surface area contributed by atoms with E-state index >= 15 is 0 Å². The molecule has 1 aliphatic rings. The molecule has 2 atom stereocenters. The summed E-state index contributed by atoms with van der Waals surface area (Å²) in [6.45, 7) is 8.23. The van der Waals surface area contributed by atoms with Crippen LogP contribution in [0.25, 0.3) is 0 Å². The first-order valence-corrected chi connectivity index (χ1v) is 6.15. The summed E-state index contributed by atoms with van der Waals surface area (Å²) >= 11 is 0. The molecule has 1 aromatic rings. The van der Waals surface area contributed by atoms with Crippen LogP contribution in [0, 0.1) is 5.92 Å². The van der Waals surface area contributed by atoms with E-state index in [0.717, 1.165) is 18.7 Å². The molecule has 0 radical (unpaired) electrons. The third kappa shape index (κ3) is 2.65. The summed E-state index contributed by atoms with van der Waals surface area (Å²) < 4.78 is 0. The standard InChI is InChI=1S/C12H20N4O/c1-5-7-6-8(7)13-10(17)9-14-11(16-15-9)12(2,3)4/h7-8H,5-6H2,1-4H3,(H,13,17)(H,14,15,16). The molecule has 0 spiro atoms. The minimum Gasteiger partial charge on any atom is -0.346 e. The van der Waals surface area contributed by atoms with Crippen LogP contribution in [0.3, 0.4) is 0 Å². The molecule has 0 aromatic carbocycles.